The van der Waals surface area contributed by atoms with Crippen LogP contribution < -0.4 is 35.4 Å². The molecule has 0 spiro atoms. The lowest BCUT2D eigenvalue weighted by Gasteiger charge is -2.38. The maximum Gasteiger partial charge on any atom is 0.269 e. The van der Waals surface area contributed by atoms with Gasteiger partial charge in [0.15, 0.2) is 5.39 Å². The Kier molecular flexibility index (Phi) is 13.0. The Balaban J connectivity index is 1.07. The van der Waals surface area contributed by atoms with Gasteiger partial charge >= 0.3 is 0 Å². The molecular weight excluding hydrogens is 845 g/mol. The quantitative estimate of drug-likeness (QED) is 0.0979. The van der Waals surface area contributed by atoms with Gasteiger partial charge in [0.05, 0.1) is 22.3 Å². The zero-order valence-electron chi connectivity index (χ0n) is 38.0. The van der Waals surface area contributed by atoms with E-state index >= 15 is 0 Å². The second kappa shape index (κ2) is 19.3. The lowest BCUT2D eigenvalue weighted by molar-refractivity contribution is -0.823. The summed E-state index contributed by atoms with van der Waals surface area (Å²) in [5.41, 5.74) is 13.4. The summed E-state index contributed by atoms with van der Waals surface area (Å²) in [6, 6.07) is 40.7. The van der Waals surface area contributed by atoms with E-state index in [0.717, 1.165) is 59.7 Å². The minimum Gasteiger partial charge on any atom is -0.372 e. The van der Waals surface area contributed by atoms with Crippen molar-refractivity contribution in [2.75, 3.05) is 41.3 Å². The van der Waals surface area contributed by atoms with Crippen molar-refractivity contribution in [2.24, 2.45) is 11.7 Å². The number of nitrogens with two attached hydrogens (primary N) is 1. The number of carbonyl (C=O) groups excluding carboxylic acids is 2. The van der Waals surface area contributed by atoms with Crippen LogP contribution in [0.4, 0.5) is 17.1 Å². The maximum atomic E-state index is 15.0. The molecule has 2 aliphatic rings. The molecule has 0 bridgehead atoms. The Morgan fingerprint density at radius 1 is 0.879 bits per heavy atom. The molecule has 2 aliphatic heterocycles. The molecular formula is C53H57N8O4S+. The number of fused-ring (bicyclic) bond motifs is 2. The van der Waals surface area contributed by atoms with Crippen LogP contribution in [0.15, 0.2) is 132 Å². The number of aryl methyl sites for hydroxylation is 2. The first-order valence-electron chi connectivity index (χ1n) is 23.0. The number of nitrogens with zero attached hydrogens (tertiary/aromatic N) is 6. The van der Waals surface area contributed by atoms with Crippen molar-refractivity contribution in [3.05, 3.63) is 177 Å². The maximum absolute atomic E-state index is 15.0. The third-order valence-electron chi connectivity index (χ3n) is 12.7. The summed E-state index contributed by atoms with van der Waals surface area (Å²) < 4.78 is 3.35. The largest absolute Gasteiger partial charge is 0.372 e. The van der Waals surface area contributed by atoms with E-state index in [-0.39, 0.29) is 36.0 Å². The van der Waals surface area contributed by atoms with Gasteiger partial charge in [-0.15, -0.1) is 0 Å². The first-order valence-corrected chi connectivity index (χ1v) is 23.7. The highest BCUT2D eigenvalue weighted by Gasteiger charge is 2.37. The molecule has 13 heteroatoms. The lowest BCUT2D eigenvalue weighted by atomic mass is 9.98. The smallest absolute Gasteiger partial charge is 0.269 e. The van der Waals surface area contributed by atoms with Crippen molar-refractivity contribution in [3.8, 4) is 5.75 Å². The summed E-state index contributed by atoms with van der Waals surface area (Å²) in [6.45, 7) is 11.0. The Labute approximate surface area is 390 Å². The van der Waals surface area contributed by atoms with E-state index < -0.39 is 6.04 Å². The molecule has 12 nitrogen and oxygen atoms in total. The standard InChI is InChI=1S/C53H56N8O4S/c1-35(2)48(58(31-13-28-54)51(62)40-20-18-36(3)19-21-40)49-56-50-47(53(64)59(49)34-39-16-9-6-10-17-39)37(4)61(66-50)65-43-25-22-41(23-26-43)60-46(32-38-14-7-5-8-15-38)55-45-27-24-42(33-44(45)52(60)63)57-29-11-12-30-57/h5-10,14-27,33,35,46,48H,11-13,28-32,34,54H2,1-4H3/p+1. The van der Waals surface area contributed by atoms with Crippen LogP contribution in [-0.4, -0.2) is 58.6 Å². The van der Waals surface area contributed by atoms with Gasteiger partial charge in [0.1, 0.15) is 12.0 Å². The molecule has 0 saturated carbocycles. The summed E-state index contributed by atoms with van der Waals surface area (Å²) in [4.78, 5) is 62.3. The number of hydrogen-bond donors (Lipinski definition) is 2. The van der Waals surface area contributed by atoms with Crippen LogP contribution >= 0.6 is 11.5 Å². The first-order chi connectivity index (χ1) is 32.1. The van der Waals surface area contributed by atoms with E-state index in [1.165, 1.54) is 11.5 Å². The van der Waals surface area contributed by atoms with E-state index in [4.69, 9.17) is 15.6 Å². The molecule has 9 rings (SSSR count). The highest BCUT2D eigenvalue weighted by atomic mass is 32.1. The Hall–Kier alpha value is -6.83. The van der Waals surface area contributed by atoms with Crippen LogP contribution in [0.25, 0.3) is 10.2 Å². The predicted octanol–water partition coefficient (Wildman–Crippen LogP) is 8.68. The van der Waals surface area contributed by atoms with Crippen LogP contribution in [0.5, 0.6) is 5.75 Å². The van der Waals surface area contributed by atoms with Crippen molar-refractivity contribution in [1.82, 2.24) is 14.5 Å². The first kappa shape index (κ1) is 44.4. The molecule has 2 unspecified atom stereocenters. The Morgan fingerprint density at radius 2 is 1.55 bits per heavy atom. The van der Waals surface area contributed by atoms with Gasteiger partial charge < -0.3 is 20.9 Å². The molecule has 2 amide bonds. The minimum absolute atomic E-state index is 0.0651. The summed E-state index contributed by atoms with van der Waals surface area (Å²) in [5.74, 6) is 0.705. The predicted molar refractivity (Wildman–Crippen MR) is 263 cm³/mol. The number of nitrogens with one attached hydrogen (secondary N) is 1. The van der Waals surface area contributed by atoms with Gasteiger partial charge in [0.2, 0.25) is 22.1 Å². The fraction of sp³-hybridized carbons (Fsp3) is 0.302. The van der Waals surface area contributed by atoms with E-state index in [2.05, 4.69) is 42.3 Å². The van der Waals surface area contributed by atoms with Gasteiger partial charge in [-0.3, -0.25) is 23.9 Å². The van der Waals surface area contributed by atoms with E-state index in [9.17, 15) is 14.4 Å². The SMILES string of the molecule is Cc1ccc(C(=O)N(CCCN)C(c2nc3s[n+](Oc4ccc(N5C(=O)c6cc(N7CCCC7)ccc6NC5Cc5ccccc5)cc4)c(C)c3c(=O)n2Cc2ccccc2)C(C)C)cc1. The van der Waals surface area contributed by atoms with Crippen LogP contribution in [0.3, 0.4) is 0 Å². The number of anilines is 3. The van der Waals surface area contributed by atoms with Gasteiger partial charge in [-0.05, 0) is 104 Å². The second-order valence-electron chi connectivity index (χ2n) is 17.7. The second-order valence-corrected chi connectivity index (χ2v) is 18.6. The molecule has 4 heterocycles. The Bertz CT molecular complexity index is 2890. The van der Waals surface area contributed by atoms with Gasteiger partial charge in [0, 0.05) is 55.6 Å². The molecule has 338 valence electrons. The number of carbonyl (C=O) groups is 2. The lowest BCUT2D eigenvalue weighted by Crippen LogP contribution is -2.50. The van der Waals surface area contributed by atoms with Crippen LogP contribution in [0.2, 0.25) is 0 Å². The molecule has 0 aliphatic carbocycles. The number of benzene rings is 5. The van der Waals surface area contributed by atoms with Gasteiger partial charge in [-0.25, -0.2) is 9.82 Å². The number of hydrogen-bond acceptors (Lipinski definition) is 9. The highest BCUT2D eigenvalue weighted by Crippen LogP contribution is 2.36. The number of aromatic nitrogens is 3. The summed E-state index contributed by atoms with van der Waals surface area (Å²) in [5, 5.41) is 4.13. The average Bonchev–Trinajstić information content (AvgIpc) is 3.98. The molecule has 66 heavy (non-hydrogen) atoms. The highest BCUT2D eigenvalue weighted by molar-refractivity contribution is 7.09. The molecule has 1 fully saturated rings. The zero-order chi connectivity index (χ0) is 45.9. The molecule has 5 aromatic carbocycles. The van der Waals surface area contributed by atoms with Gasteiger partial charge in [-0.2, -0.15) is 0 Å². The molecule has 1 saturated heterocycles. The number of rotatable bonds is 15. The summed E-state index contributed by atoms with van der Waals surface area (Å²) in [6.07, 6.45) is 3.16. The van der Waals surface area contributed by atoms with Crippen molar-refractivity contribution < 1.29 is 18.5 Å². The third kappa shape index (κ3) is 9.05. The fourth-order valence-corrected chi connectivity index (χ4v) is 10.2. The topological polar surface area (TPSA) is 130 Å². The average molecular weight is 902 g/mol. The normalized spacial score (nSPS) is 15.2. The molecule has 2 aromatic heterocycles. The van der Waals surface area contributed by atoms with E-state index in [0.29, 0.717) is 64.5 Å². The van der Waals surface area contributed by atoms with E-state index in [1.54, 1.807) is 8.69 Å². The number of amides is 2. The molecule has 0 radical (unpaired) electrons. The van der Waals surface area contributed by atoms with Crippen molar-refractivity contribution in [3.63, 3.8) is 0 Å². The third-order valence-corrected chi connectivity index (χ3v) is 13.7. The summed E-state index contributed by atoms with van der Waals surface area (Å²) >= 11 is 1.23. The van der Waals surface area contributed by atoms with Crippen molar-refractivity contribution in [2.45, 2.75) is 72.1 Å². The van der Waals surface area contributed by atoms with Crippen molar-refractivity contribution >= 4 is 50.6 Å². The van der Waals surface area contributed by atoms with Crippen LogP contribution in [0.1, 0.15) is 88.1 Å². The van der Waals surface area contributed by atoms with E-state index in [1.807, 2.05) is 133 Å². The monoisotopic (exact) mass is 901 g/mol. The zero-order valence-corrected chi connectivity index (χ0v) is 38.8. The summed E-state index contributed by atoms with van der Waals surface area (Å²) in [7, 11) is 0. The van der Waals surface area contributed by atoms with Crippen LogP contribution in [-0.2, 0) is 13.0 Å². The van der Waals surface area contributed by atoms with Crippen LogP contribution in [0, 0.1) is 19.8 Å². The molecule has 3 N–H and O–H groups in total. The fourth-order valence-electron chi connectivity index (χ4n) is 9.25. The molecule has 2 atom stereocenters. The minimum atomic E-state index is -0.549. The Morgan fingerprint density at radius 3 is 2.21 bits per heavy atom. The molecule has 7 aromatic rings. The van der Waals surface area contributed by atoms with Gasteiger partial charge in [0.25, 0.3) is 23.1 Å². The van der Waals surface area contributed by atoms with Gasteiger partial charge in [-0.1, -0.05) is 92.2 Å². The van der Waals surface area contributed by atoms with Crippen molar-refractivity contribution in [1.29, 1.82) is 0 Å².